The smallest absolute Gasteiger partial charge is 0.269 e. The Balaban J connectivity index is 1.88. The first kappa shape index (κ1) is 16.2. The molecule has 0 radical (unpaired) electrons. The number of rotatable bonds is 3. The Labute approximate surface area is 140 Å². The lowest BCUT2D eigenvalue weighted by Crippen LogP contribution is -2.29. The number of carbonyl (C=O) groups is 2. The highest BCUT2D eigenvalue weighted by Gasteiger charge is 2.40. The summed E-state index contributed by atoms with van der Waals surface area (Å²) < 4.78 is 25.9. The summed E-state index contributed by atoms with van der Waals surface area (Å²) in [6.07, 6.45) is 0. The molecule has 2 amide bonds. The van der Waals surface area contributed by atoms with Gasteiger partial charge in [-0.05, 0) is 29.8 Å². The number of hydrogen-bond acceptors (Lipinski definition) is 4. The minimum atomic E-state index is -3.83. The van der Waals surface area contributed by atoms with Gasteiger partial charge in [0.15, 0.2) is 0 Å². The predicted molar refractivity (Wildman–Crippen MR) is 88.0 cm³/mol. The molecule has 0 spiro atoms. The molecule has 0 atom stereocenters. The third kappa shape index (κ3) is 2.56. The van der Waals surface area contributed by atoms with Gasteiger partial charge in [0.25, 0.3) is 21.8 Å². The van der Waals surface area contributed by atoms with Crippen LogP contribution in [0.4, 0.5) is 0 Å². The average molecular weight is 344 g/mol. The van der Waals surface area contributed by atoms with Crippen LogP contribution >= 0.6 is 0 Å². The largest absolute Gasteiger partial charge is 0.345 e. The zero-order chi connectivity index (χ0) is 17.5. The van der Waals surface area contributed by atoms with E-state index in [2.05, 4.69) is 0 Å². The van der Waals surface area contributed by atoms with Crippen LogP contribution in [0.3, 0.4) is 0 Å². The summed E-state index contributed by atoms with van der Waals surface area (Å²) >= 11 is 0. The van der Waals surface area contributed by atoms with Crippen LogP contribution in [0.1, 0.15) is 26.3 Å². The Hall–Kier alpha value is -2.67. The van der Waals surface area contributed by atoms with Crippen LogP contribution in [0.25, 0.3) is 0 Å². The molecule has 1 aliphatic heterocycles. The van der Waals surface area contributed by atoms with E-state index in [4.69, 9.17) is 0 Å². The first-order chi connectivity index (χ1) is 11.3. The number of sulfonamides is 1. The maximum Gasteiger partial charge on any atom is 0.269 e. The molecular formula is C17H16N2O4S. The Morgan fingerprint density at radius 1 is 1.04 bits per heavy atom. The van der Waals surface area contributed by atoms with Crippen molar-refractivity contribution in [1.29, 1.82) is 0 Å². The fourth-order valence-electron chi connectivity index (χ4n) is 2.56. The van der Waals surface area contributed by atoms with E-state index in [-0.39, 0.29) is 22.9 Å². The normalized spacial score (nSPS) is 15.2. The molecule has 2 aromatic rings. The number of fused-ring (bicyclic) bond motifs is 1. The van der Waals surface area contributed by atoms with Crippen LogP contribution in [0, 0.1) is 0 Å². The standard InChI is InChI=1S/C17H16N2O4S/c1-18(2)16(20)13-9-7-12(8-10-13)11-19-17(21)14-5-3-4-6-15(14)24(19,22)23/h3-10H,11H2,1-2H3. The topological polar surface area (TPSA) is 74.8 Å². The second-order valence-corrected chi connectivity index (χ2v) is 7.54. The summed E-state index contributed by atoms with van der Waals surface area (Å²) in [6.45, 7) is -0.0632. The molecule has 1 heterocycles. The number of carbonyl (C=O) groups excluding carboxylic acids is 2. The van der Waals surface area contributed by atoms with Gasteiger partial charge in [0, 0.05) is 19.7 Å². The SMILES string of the molecule is CN(C)C(=O)c1ccc(CN2C(=O)c3ccccc3S2(=O)=O)cc1. The van der Waals surface area contributed by atoms with Gasteiger partial charge in [0.2, 0.25) is 0 Å². The van der Waals surface area contributed by atoms with Crippen LogP contribution in [0.15, 0.2) is 53.4 Å². The number of amides is 2. The minimum Gasteiger partial charge on any atom is -0.345 e. The Bertz CT molecular complexity index is 918. The van der Waals surface area contributed by atoms with E-state index in [0.717, 1.165) is 4.31 Å². The monoisotopic (exact) mass is 344 g/mol. The van der Waals surface area contributed by atoms with E-state index in [1.807, 2.05) is 0 Å². The Morgan fingerprint density at radius 3 is 2.25 bits per heavy atom. The maximum atomic E-state index is 12.5. The van der Waals surface area contributed by atoms with Gasteiger partial charge in [-0.15, -0.1) is 0 Å². The van der Waals surface area contributed by atoms with Crippen LogP contribution in [-0.4, -0.2) is 43.5 Å². The Morgan fingerprint density at radius 2 is 1.67 bits per heavy atom. The highest BCUT2D eigenvalue weighted by atomic mass is 32.2. The van der Waals surface area contributed by atoms with Gasteiger partial charge in [-0.1, -0.05) is 24.3 Å². The lowest BCUT2D eigenvalue weighted by molar-refractivity contribution is 0.0825. The van der Waals surface area contributed by atoms with Gasteiger partial charge < -0.3 is 4.90 Å². The minimum absolute atomic E-state index is 0.0365. The molecule has 124 valence electrons. The molecule has 24 heavy (non-hydrogen) atoms. The third-order valence-electron chi connectivity index (χ3n) is 3.85. The van der Waals surface area contributed by atoms with Crippen LogP contribution in [-0.2, 0) is 16.6 Å². The lowest BCUT2D eigenvalue weighted by Gasteiger charge is -2.16. The number of nitrogens with zero attached hydrogens (tertiary/aromatic N) is 2. The summed E-state index contributed by atoms with van der Waals surface area (Å²) in [6, 6.07) is 12.7. The number of hydrogen-bond donors (Lipinski definition) is 0. The van der Waals surface area contributed by atoms with Crippen molar-refractivity contribution in [2.45, 2.75) is 11.4 Å². The predicted octanol–water partition coefficient (Wildman–Crippen LogP) is 1.73. The summed E-state index contributed by atoms with van der Waals surface area (Å²) in [5.74, 6) is -0.669. The van der Waals surface area contributed by atoms with E-state index in [1.54, 1.807) is 50.5 Å². The second-order valence-electron chi connectivity index (χ2n) is 5.71. The molecule has 0 unspecified atom stereocenters. The molecule has 7 heteroatoms. The van der Waals surface area contributed by atoms with Gasteiger partial charge >= 0.3 is 0 Å². The zero-order valence-corrected chi connectivity index (χ0v) is 14.1. The molecule has 0 saturated carbocycles. The quantitative estimate of drug-likeness (QED) is 0.850. The van der Waals surface area contributed by atoms with E-state index >= 15 is 0 Å². The molecule has 3 rings (SSSR count). The van der Waals surface area contributed by atoms with Gasteiger partial charge in [-0.25, -0.2) is 12.7 Å². The number of benzene rings is 2. The van der Waals surface area contributed by atoms with Gasteiger partial charge in [-0.2, -0.15) is 0 Å². The first-order valence-corrected chi connectivity index (χ1v) is 8.73. The molecular weight excluding hydrogens is 328 g/mol. The highest BCUT2D eigenvalue weighted by molar-refractivity contribution is 7.90. The molecule has 0 saturated heterocycles. The molecule has 0 fully saturated rings. The first-order valence-electron chi connectivity index (χ1n) is 7.29. The van der Waals surface area contributed by atoms with Crippen molar-refractivity contribution in [3.63, 3.8) is 0 Å². The van der Waals surface area contributed by atoms with Crippen molar-refractivity contribution < 1.29 is 18.0 Å². The van der Waals surface area contributed by atoms with Crippen molar-refractivity contribution in [2.24, 2.45) is 0 Å². The van der Waals surface area contributed by atoms with Crippen LogP contribution < -0.4 is 0 Å². The highest BCUT2D eigenvalue weighted by Crippen LogP contribution is 2.31. The summed E-state index contributed by atoms with van der Waals surface area (Å²) in [4.78, 5) is 25.7. The molecule has 0 aliphatic carbocycles. The second kappa shape index (κ2) is 5.76. The third-order valence-corrected chi connectivity index (χ3v) is 5.63. The molecule has 6 nitrogen and oxygen atoms in total. The van der Waals surface area contributed by atoms with Crippen molar-refractivity contribution in [3.05, 3.63) is 65.2 Å². The van der Waals surface area contributed by atoms with Gasteiger partial charge in [0.1, 0.15) is 4.90 Å². The van der Waals surface area contributed by atoms with E-state index in [1.165, 1.54) is 17.0 Å². The summed E-state index contributed by atoms with van der Waals surface area (Å²) in [5, 5.41) is 0. The lowest BCUT2D eigenvalue weighted by atomic mass is 10.1. The molecule has 1 aliphatic rings. The fraction of sp³-hybridized carbons (Fsp3) is 0.176. The van der Waals surface area contributed by atoms with Crippen molar-refractivity contribution in [3.8, 4) is 0 Å². The van der Waals surface area contributed by atoms with E-state index < -0.39 is 15.9 Å². The van der Waals surface area contributed by atoms with Crippen molar-refractivity contribution >= 4 is 21.8 Å². The van der Waals surface area contributed by atoms with Crippen molar-refractivity contribution in [1.82, 2.24) is 9.21 Å². The molecule has 0 aromatic heterocycles. The maximum absolute atomic E-state index is 12.5. The average Bonchev–Trinajstić information content (AvgIpc) is 2.76. The molecule has 2 aromatic carbocycles. The van der Waals surface area contributed by atoms with E-state index in [0.29, 0.717) is 11.1 Å². The van der Waals surface area contributed by atoms with Gasteiger partial charge in [-0.3, -0.25) is 9.59 Å². The fourth-order valence-corrected chi connectivity index (χ4v) is 4.12. The molecule has 0 N–H and O–H groups in total. The Kier molecular flexibility index (Phi) is 3.88. The summed E-state index contributed by atoms with van der Waals surface area (Å²) in [7, 11) is -0.514. The zero-order valence-electron chi connectivity index (χ0n) is 13.3. The van der Waals surface area contributed by atoms with E-state index in [9.17, 15) is 18.0 Å². The van der Waals surface area contributed by atoms with Crippen LogP contribution in [0.2, 0.25) is 0 Å². The van der Waals surface area contributed by atoms with Gasteiger partial charge in [0.05, 0.1) is 12.1 Å². The van der Waals surface area contributed by atoms with Crippen molar-refractivity contribution in [2.75, 3.05) is 14.1 Å². The summed E-state index contributed by atoms with van der Waals surface area (Å²) in [5.41, 5.74) is 1.33. The molecule has 0 bridgehead atoms. The van der Waals surface area contributed by atoms with Crippen LogP contribution in [0.5, 0.6) is 0 Å².